The summed E-state index contributed by atoms with van der Waals surface area (Å²) in [6, 6.07) is 8.44. The number of nitrogens with two attached hydrogens (primary N) is 1. The summed E-state index contributed by atoms with van der Waals surface area (Å²) in [6.45, 7) is -0.617. The molecule has 0 aliphatic rings. The molecule has 31 heavy (non-hydrogen) atoms. The van der Waals surface area contributed by atoms with Gasteiger partial charge in [-0.15, -0.1) is 0 Å². The first kappa shape index (κ1) is 21.3. The first-order valence-electron chi connectivity index (χ1n) is 8.84. The summed E-state index contributed by atoms with van der Waals surface area (Å²) in [5.41, 5.74) is 5.40. The van der Waals surface area contributed by atoms with E-state index in [0.717, 1.165) is 4.68 Å². The van der Waals surface area contributed by atoms with Gasteiger partial charge >= 0.3 is 11.8 Å². The normalized spacial score (nSPS) is 10.8. The molecule has 3 heterocycles. The summed E-state index contributed by atoms with van der Waals surface area (Å²) in [4.78, 5) is 31.7. The Morgan fingerprint density at radius 2 is 2.13 bits per heavy atom. The number of pyridine rings is 2. The molecule has 0 saturated heterocycles. The zero-order valence-electron chi connectivity index (χ0n) is 16.4. The number of aromatic nitrogens is 5. The second-order valence-corrected chi connectivity index (χ2v) is 6.04. The summed E-state index contributed by atoms with van der Waals surface area (Å²) < 4.78 is 24.7. The van der Waals surface area contributed by atoms with E-state index in [9.17, 15) is 14.0 Å². The third-order valence-electron chi connectivity index (χ3n) is 3.90. The minimum Gasteiger partial charge on any atom is -0.481 e. The Labute approximate surface area is 175 Å². The fourth-order valence-corrected chi connectivity index (χ4v) is 2.41. The van der Waals surface area contributed by atoms with Gasteiger partial charge in [-0.05, 0) is 24.1 Å². The number of halogens is 1. The van der Waals surface area contributed by atoms with E-state index in [1.165, 1.54) is 18.0 Å². The summed E-state index contributed by atoms with van der Waals surface area (Å²) in [5, 5.41) is 3.94. The van der Waals surface area contributed by atoms with Crippen LogP contribution in [0.4, 0.5) is 9.18 Å². The molecule has 0 bridgehead atoms. The minimum atomic E-state index is -1.05. The molecule has 10 nitrogen and oxygen atoms in total. The molecular formula is C20H17FN6O4. The van der Waals surface area contributed by atoms with Gasteiger partial charge in [-0.3, -0.25) is 0 Å². The van der Waals surface area contributed by atoms with Crippen molar-refractivity contribution in [3.63, 3.8) is 0 Å². The van der Waals surface area contributed by atoms with Crippen molar-refractivity contribution in [2.24, 2.45) is 5.73 Å². The van der Waals surface area contributed by atoms with Gasteiger partial charge in [-0.1, -0.05) is 12.0 Å². The van der Waals surface area contributed by atoms with Crippen molar-refractivity contribution in [1.82, 2.24) is 24.3 Å². The van der Waals surface area contributed by atoms with Gasteiger partial charge in [0.25, 0.3) is 0 Å². The molecule has 2 N–H and O–H groups in total. The van der Waals surface area contributed by atoms with Gasteiger partial charge in [0.1, 0.15) is 24.4 Å². The van der Waals surface area contributed by atoms with E-state index in [1.807, 2.05) is 0 Å². The number of methoxy groups -OCH3 is 1. The smallest absolute Gasteiger partial charge is 0.404 e. The number of carbonyl (C=O) groups is 1. The summed E-state index contributed by atoms with van der Waals surface area (Å²) >= 11 is 0. The average molecular weight is 424 g/mol. The van der Waals surface area contributed by atoms with Gasteiger partial charge in [0.05, 0.1) is 20.0 Å². The van der Waals surface area contributed by atoms with Crippen LogP contribution in [0.1, 0.15) is 11.3 Å². The Morgan fingerprint density at radius 1 is 1.29 bits per heavy atom. The predicted molar refractivity (Wildman–Crippen MR) is 107 cm³/mol. The number of hydrogen-bond donors (Lipinski definition) is 1. The van der Waals surface area contributed by atoms with Crippen LogP contribution in [-0.4, -0.2) is 44.1 Å². The average Bonchev–Trinajstić information content (AvgIpc) is 3.15. The quantitative estimate of drug-likeness (QED) is 0.589. The maximum atomic E-state index is 13.0. The summed E-state index contributed by atoms with van der Waals surface area (Å²) in [6.07, 6.45) is 2.00. The Balaban J connectivity index is 1.79. The predicted octanol–water partition coefficient (Wildman–Crippen LogP) is 1.18. The van der Waals surface area contributed by atoms with Crippen molar-refractivity contribution >= 4 is 6.09 Å². The van der Waals surface area contributed by atoms with Crippen molar-refractivity contribution in [3.8, 4) is 23.5 Å². The van der Waals surface area contributed by atoms with Crippen LogP contribution in [-0.2, 0) is 11.3 Å². The van der Waals surface area contributed by atoms with Gasteiger partial charge in [-0.25, -0.2) is 33.2 Å². The van der Waals surface area contributed by atoms with Crippen LogP contribution in [0.2, 0.25) is 0 Å². The van der Waals surface area contributed by atoms with Gasteiger partial charge < -0.3 is 15.2 Å². The molecule has 0 aliphatic carbocycles. The lowest BCUT2D eigenvalue weighted by molar-refractivity contribution is 0.164. The molecule has 0 aromatic carbocycles. The van der Waals surface area contributed by atoms with Crippen LogP contribution < -0.4 is 16.2 Å². The van der Waals surface area contributed by atoms with Crippen molar-refractivity contribution in [3.05, 3.63) is 76.5 Å². The van der Waals surface area contributed by atoms with Crippen LogP contribution in [0.25, 0.3) is 5.82 Å². The summed E-state index contributed by atoms with van der Waals surface area (Å²) in [5.74, 6) is 6.60. The molecule has 3 aromatic rings. The number of hydrogen-bond acceptors (Lipinski definition) is 7. The Kier molecular flexibility index (Phi) is 6.74. The van der Waals surface area contributed by atoms with Gasteiger partial charge in [0.2, 0.25) is 5.88 Å². The van der Waals surface area contributed by atoms with E-state index < -0.39 is 18.4 Å². The zero-order valence-corrected chi connectivity index (χ0v) is 16.4. The number of nitrogens with zero attached hydrogens (tertiary/aromatic N) is 5. The third kappa shape index (κ3) is 5.54. The number of rotatable bonds is 6. The second kappa shape index (κ2) is 9.84. The number of primary amides is 1. The molecule has 0 aliphatic heterocycles. The van der Waals surface area contributed by atoms with E-state index in [-0.39, 0.29) is 24.3 Å². The SMILES string of the molecule is COc1ccc(C#Cc2cccc(-n3cnn(CC(=CF)COC(N)=O)c3=O)n2)cn1. The van der Waals surface area contributed by atoms with E-state index in [0.29, 0.717) is 17.1 Å². The standard InChI is InChI=1S/C20H17FN6O4/c1-30-18-8-6-14(10-23-18)5-7-16-3-2-4-17(25-16)26-13-24-27(20(26)29)11-15(9-21)12-31-19(22)28/h2-4,6,8-10,13H,11-12H2,1H3,(H2,22,28). The van der Waals surface area contributed by atoms with Crippen molar-refractivity contribution in [2.45, 2.75) is 6.54 Å². The number of amides is 1. The van der Waals surface area contributed by atoms with E-state index in [1.54, 1.807) is 36.5 Å². The Bertz CT molecular complexity index is 1220. The molecule has 0 fully saturated rings. The minimum absolute atomic E-state index is 0.00632. The highest BCUT2D eigenvalue weighted by Crippen LogP contribution is 2.07. The molecular weight excluding hydrogens is 407 g/mol. The third-order valence-corrected chi connectivity index (χ3v) is 3.90. The molecule has 0 unspecified atom stereocenters. The van der Waals surface area contributed by atoms with Gasteiger partial charge in [0.15, 0.2) is 0 Å². The maximum absolute atomic E-state index is 13.0. The second-order valence-electron chi connectivity index (χ2n) is 6.04. The first-order valence-corrected chi connectivity index (χ1v) is 8.84. The van der Waals surface area contributed by atoms with Crippen molar-refractivity contribution in [2.75, 3.05) is 13.7 Å². The lowest BCUT2D eigenvalue weighted by Gasteiger charge is -2.05. The highest BCUT2D eigenvalue weighted by atomic mass is 19.1. The monoisotopic (exact) mass is 424 g/mol. The van der Waals surface area contributed by atoms with E-state index >= 15 is 0 Å². The van der Waals surface area contributed by atoms with Crippen LogP contribution in [0.5, 0.6) is 5.88 Å². The molecule has 0 atom stereocenters. The Morgan fingerprint density at radius 3 is 2.81 bits per heavy atom. The molecule has 3 rings (SSSR count). The topological polar surface area (TPSA) is 127 Å². The molecule has 0 radical (unpaired) electrons. The molecule has 0 saturated carbocycles. The van der Waals surface area contributed by atoms with E-state index in [4.69, 9.17) is 10.5 Å². The fraction of sp³-hybridized carbons (Fsp3) is 0.150. The molecule has 158 valence electrons. The lowest BCUT2D eigenvalue weighted by Crippen LogP contribution is -2.26. The van der Waals surface area contributed by atoms with Crippen LogP contribution in [0.3, 0.4) is 0 Å². The van der Waals surface area contributed by atoms with Crippen molar-refractivity contribution < 1.29 is 18.7 Å². The summed E-state index contributed by atoms with van der Waals surface area (Å²) in [7, 11) is 1.52. The van der Waals surface area contributed by atoms with E-state index in [2.05, 4.69) is 31.6 Å². The van der Waals surface area contributed by atoms with Crippen molar-refractivity contribution in [1.29, 1.82) is 0 Å². The van der Waals surface area contributed by atoms with Crippen LogP contribution >= 0.6 is 0 Å². The maximum Gasteiger partial charge on any atom is 0.404 e. The molecule has 11 heteroatoms. The highest BCUT2D eigenvalue weighted by molar-refractivity contribution is 5.64. The van der Waals surface area contributed by atoms with Crippen LogP contribution in [0.15, 0.2) is 59.6 Å². The van der Waals surface area contributed by atoms with Gasteiger partial charge in [0, 0.05) is 23.4 Å². The lowest BCUT2D eigenvalue weighted by atomic mass is 10.2. The number of carbonyl (C=O) groups excluding carboxylic acids is 1. The first-order chi connectivity index (χ1) is 15.0. The van der Waals surface area contributed by atoms with Crippen LogP contribution in [0, 0.1) is 11.8 Å². The fourth-order valence-electron chi connectivity index (χ4n) is 2.41. The molecule has 1 amide bonds. The Hall–Kier alpha value is -4.46. The zero-order chi connectivity index (χ0) is 22.2. The van der Waals surface area contributed by atoms with Gasteiger partial charge in [-0.2, -0.15) is 5.10 Å². The number of ether oxygens (including phenoxy) is 2. The molecule has 3 aromatic heterocycles. The highest BCUT2D eigenvalue weighted by Gasteiger charge is 2.11. The largest absolute Gasteiger partial charge is 0.481 e. The molecule has 0 spiro atoms.